The van der Waals surface area contributed by atoms with Gasteiger partial charge in [0.05, 0.1) is 11.9 Å². The van der Waals surface area contributed by atoms with E-state index in [-0.39, 0.29) is 10.9 Å². The Bertz CT molecular complexity index is 662. The normalized spacial score (nSPS) is 13.4. The molecule has 0 radical (unpaired) electrons. The predicted octanol–water partition coefficient (Wildman–Crippen LogP) is 1.77. The van der Waals surface area contributed by atoms with Gasteiger partial charge in [-0.3, -0.25) is 4.68 Å². The molecule has 1 aromatic carbocycles. The van der Waals surface area contributed by atoms with Crippen LogP contribution in [0.2, 0.25) is 0 Å². The first-order valence-corrected chi connectivity index (χ1v) is 7.46. The third-order valence-corrected chi connectivity index (χ3v) is 4.75. The summed E-state index contributed by atoms with van der Waals surface area (Å²) in [6.45, 7) is 3.55. The molecule has 0 fully saturated rings. The lowest BCUT2D eigenvalue weighted by Crippen LogP contribution is -2.27. The summed E-state index contributed by atoms with van der Waals surface area (Å²) in [5.41, 5.74) is 1.54. The van der Waals surface area contributed by atoms with E-state index in [0.29, 0.717) is 5.69 Å². The Labute approximate surface area is 113 Å². The van der Waals surface area contributed by atoms with Gasteiger partial charge in [-0.05, 0) is 19.4 Å². The number of sulfonamides is 1. The van der Waals surface area contributed by atoms with Gasteiger partial charge in [-0.1, -0.05) is 30.3 Å². The van der Waals surface area contributed by atoms with Gasteiger partial charge in [-0.25, -0.2) is 13.1 Å². The van der Waals surface area contributed by atoms with Crippen LogP contribution in [0.15, 0.2) is 41.4 Å². The summed E-state index contributed by atoms with van der Waals surface area (Å²) in [5, 5.41) is 3.96. The lowest BCUT2D eigenvalue weighted by atomic mass is 10.1. The smallest absolute Gasteiger partial charge is 0.244 e. The van der Waals surface area contributed by atoms with Crippen molar-refractivity contribution in [3.8, 4) is 0 Å². The second-order valence-electron chi connectivity index (χ2n) is 4.47. The number of aromatic nitrogens is 2. The quantitative estimate of drug-likeness (QED) is 0.927. The molecule has 5 nitrogen and oxygen atoms in total. The van der Waals surface area contributed by atoms with E-state index in [0.717, 1.165) is 5.56 Å². The summed E-state index contributed by atoms with van der Waals surface area (Å²) in [6, 6.07) is 9.17. The summed E-state index contributed by atoms with van der Waals surface area (Å²) in [7, 11) is -1.83. The molecule has 1 atom stereocenters. The average molecular weight is 279 g/mol. The minimum Gasteiger partial charge on any atom is -0.272 e. The summed E-state index contributed by atoms with van der Waals surface area (Å²) in [6.07, 6.45) is 1.37. The van der Waals surface area contributed by atoms with Crippen LogP contribution in [0.1, 0.15) is 24.2 Å². The largest absolute Gasteiger partial charge is 0.272 e. The minimum atomic E-state index is -3.55. The van der Waals surface area contributed by atoms with E-state index in [9.17, 15) is 8.42 Å². The summed E-state index contributed by atoms with van der Waals surface area (Å²) in [5.74, 6) is 0. The molecule has 1 N–H and O–H groups in total. The topological polar surface area (TPSA) is 64.0 Å². The van der Waals surface area contributed by atoms with E-state index in [1.807, 2.05) is 37.3 Å². The maximum absolute atomic E-state index is 12.3. The zero-order chi connectivity index (χ0) is 14.0. The molecule has 2 rings (SSSR count). The molecular formula is C13H17N3O2S. The fourth-order valence-corrected chi connectivity index (χ4v) is 3.28. The van der Waals surface area contributed by atoms with Gasteiger partial charge in [0.1, 0.15) is 4.90 Å². The summed E-state index contributed by atoms with van der Waals surface area (Å²) >= 11 is 0. The number of aryl methyl sites for hydroxylation is 1. The molecule has 0 saturated carbocycles. The molecule has 2 aromatic rings. The van der Waals surface area contributed by atoms with E-state index in [4.69, 9.17) is 0 Å². The SMILES string of the molecule is Cc1c(S(=O)(=O)N[C@@H](C)c2ccccc2)cnn1C. The van der Waals surface area contributed by atoms with Crippen molar-refractivity contribution in [3.05, 3.63) is 47.8 Å². The van der Waals surface area contributed by atoms with Gasteiger partial charge in [-0.15, -0.1) is 0 Å². The van der Waals surface area contributed by atoms with Crippen molar-refractivity contribution < 1.29 is 8.42 Å². The van der Waals surface area contributed by atoms with Gasteiger partial charge in [0.2, 0.25) is 10.0 Å². The molecule has 1 heterocycles. The Morgan fingerprint density at radius 3 is 2.42 bits per heavy atom. The zero-order valence-corrected chi connectivity index (χ0v) is 12.0. The molecule has 19 heavy (non-hydrogen) atoms. The van der Waals surface area contributed by atoms with Crippen molar-refractivity contribution in [2.75, 3.05) is 0 Å². The van der Waals surface area contributed by atoms with Crippen LogP contribution < -0.4 is 4.72 Å². The molecule has 0 amide bonds. The highest BCUT2D eigenvalue weighted by Crippen LogP contribution is 2.18. The summed E-state index contributed by atoms with van der Waals surface area (Å²) in [4.78, 5) is 0.220. The van der Waals surface area contributed by atoms with Gasteiger partial charge in [-0.2, -0.15) is 5.10 Å². The minimum absolute atomic E-state index is 0.220. The van der Waals surface area contributed by atoms with Crippen LogP contribution in [0.4, 0.5) is 0 Å². The zero-order valence-electron chi connectivity index (χ0n) is 11.2. The molecular weight excluding hydrogens is 262 g/mol. The van der Waals surface area contributed by atoms with E-state index in [1.165, 1.54) is 6.20 Å². The second kappa shape index (κ2) is 5.14. The fraction of sp³-hybridized carbons (Fsp3) is 0.308. The molecule has 0 spiro atoms. The van der Waals surface area contributed by atoms with Gasteiger partial charge >= 0.3 is 0 Å². The molecule has 1 aromatic heterocycles. The Kier molecular flexibility index (Phi) is 3.73. The maximum atomic E-state index is 12.3. The standard InChI is InChI=1S/C13H17N3O2S/c1-10(12-7-5-4-6-8-12)15-19(17,18)13-9-14-16(3)11(13)2/h4-10,15H,1-3H3/t10-/m0/s1. The van der Waals surface area contributed by atoms with E-state index in [1.54, 1.807) is 18.7 Å². The van der Waals surface area contributed by atoms with E-state index in [2.05, 4.69) is 9.82 Å². The van der Waals surface area contributed by atoms with Crippen molar-refractivity contribution in [2.24, 2.45) is 7.05 Å². The van der Waals surface area contributed by atoms with Gasteiger partial charge in [0, 0.05) is 13.1 Å². The molecule has 0 bridgehead atoms. The molecule has 0 aliphatic carbocycles. The number of hydrogen-bond acceptors (Lipinski definition) is 3. The molecule has 0 saturated heterocycles. The molecule has 6 heteroatoms. The predicted molar refractivity (Wildman–Crippen MR) is 73.1 cm³/mol. The van der Waals surface area contributed by atoms with Crippen LogP contribution >= 0.6 is 0 Å². The van der Waals surface area contributed by atoms with Crippen LogP contribution in [0.25, 0.3) is 0 Å². The maximum Gasteiger partial charge on any atom is 0.244 e. The highest BCUT2D eigenvalue weighted by Gasteiger charge is 2.22. The molecule has 102 valence electrons. The van der Waals surface area contributed by atoms with Crippen LogP contribution in [-0.2, 0) is 17.1 Å². The lowest BCUT2D eigenvalue weighted by Gasteiger charge is -2.14. The van der Waals surface area contributed by atoms with Crippen molar-refractivity contribution in [1.29, 1.82) is 0 Å². The van der Waals surface area contributed by atoms with E-state index >= 15 is 0 Å². The van der Waals surface area contributed by atoms with Crippen LogP contribution in [0, 0.1) is 6.92 Å². The Morgan fingerprint density at radius 1 is 1.26 bits per heavy atom. The Hall–Kier alpha value is -1.66. The number of nitrogens with one attached hydrogen (secondary N) is 1. The van der Waals surface area contributed by atoms with E-state index < -0.39 is 10.0 Å². The van der Waals surface area contributed by atoms with Gasteiger partial charge in [0.15, 0.2) is 0 Å². The Morgan fingerprint density at radius 2 is 1.89 bits per heavy atom. The van der Waals surface area contributed by atoms with Gasteiger partial charge < -0.3 is 0 Å². The van der Waals surface area contributed by atoms with Crippen LogP contribution in [0.3, 0.4) is 0 Å². The fourth-order valence-electron chi connectivity index (χ4n) is 1.85. The van der Waals surface area contributed by atoms with Crippen molar-refractivity contribution >= 4 is 10.0 Å². The number of hydrogen-bond donors (Lipinski definition) is 1. The third kappa shape index (κ3) is 2.85. The number of benzene rings is 1. The first-order chi connectivity index (χ1) is 8.92. The van der Waals surface area contributed by atoms with Crippen molar-refractivity contribution in [2.45, 2.75) is 24.8 Å². The van der Waals surface area contributed by atoms with Gasteiger partial charge in [0.25, 0.3) is 0 Å². The van der Waals surface area contributed by atoms with Crippen LogP contribution in [-0.4, -0.2) is 18.2 Å². The van der Waals surface area contributed by atoms with Crippen molar-refractivity contribution in [3.63, 3.8) is 0 Å². The van der Waals surface area contributed by atoms with Crippen molar-refractivity contribution in [1.82, 2.24) is 14.5 Å². The molecule has 0 unspecified atom stereocenters. The lowest BCUT2D eigenvalue weighted by molar-refractivity contribution is 0.566. The highest BCUT2D eigenvalue weighted by atomic mass is 32.2. The monoisotopic (exact) mass is 279 g/mol. The number of nitrogens with zero attached hydrogens (tertiary/aromatic N) is 2. The third-order valence-electron chi connectivity index (χ3n) is 3.11. The summed E-state index contributed by atoms with van der Waals surface area (Å²) < 4.78 is 28.8. The average Bonchev–Trinajstić information content (AvgIpc) is 2.71. The molecule has 0 aliphatic rings. The first-order valence-electron chi connectivity index (χ1n) is 5.97. The van der Waals surface area contributed by atoms with Crippen LogP contribution in [0.5, 0.6) is 0 Å². The Balaban J connectivity index is 2.25. The highest BCUT2D eigenvalue weighted by molar-refractivity contribution is 7.89. The number of rotatable bonds is 4. The first kappa shape index (κ1) is 13.8. The molecule has 0 aliphatic heterocycles. The second-order valence-corrected chi connectivity index (χ2v) is 6.15.